The Morgan fingerprint density at radius 1 is 1.70 bits per heavy atom. The zero-order valence-corrected chi connectivity index (χ0v) is 6.95. The number of ketones is 1. The fourth-order valence-electron chi connectivity index (χ4n) is 0.742. The van der Waals surface area contributed by atoms with Crippen molar-refractivity contribution in [2.45, 2.75) is 31.4 Å². The molecule has 1 aliphatic rings. The first-order chi connectivity index (χ1) is 4.70. The van der Waals surface area contributed by atoms with Crippen molar-refractivity contribution in [1.29, 1.82) is 0 Å². The molecule has 0 spiro atoms. The van der Waals surface area contributed by atoms with E-state index in [1.165, 1.54) is 0 Å². The van der Waals surface area contributed by atoms with Gasteiger partial charge in [0.25, 0.3) is 0 Å². The van der Waals surface area contributed by atoms with Gasteiger partial charge < -0.3 is 4.55 Å². The monoisotopic (exact) mass is 160 g/mol. The third kappa shape index (κ3) is 2.71. The fraction of sp³-hybridized carbons (Fsp3) is 0.857. The molecule has 0 bridgehead atoms. The summed E-state index contributed by atoms with van der Waals surface area (Å²) in [5, 5.41) is 0.430. The van der Waals surface area contributed by atoms with Gasteiger partial charge >= 0.3 is 0 Å². The number of hydrogen-bond donors (Lipinski definition) is 0. The van der Waals surface area contributed by atoms with Crippen LogP contribution in [0.25, 0.3) is 0 Å². The second-order valence-electron chi connectivity index (χ2n) is 2.74. The Bertz CT molecular complexity index is 132. The third-order valence-electron chi connectivity index (χ3n) is 1.55. The number of rotatable bonds is 4. The number of carbonyl (C=O) groups is 1. The predicted molar refractivity (Wildman–Crippen MR) is 41.3 cm³/mol. The molecule has 2 nitrogen and oxygen atoms in total. The lowest BCUT2D eigenvalue weighted by molar-refractivity contribution is -0.116. The second-order valence-corrected chi connectivity index (χ2v) is 4.57. The fourth-order valence-corrected chi connectivity index (χ4v) is 2.23. The second kappa shape index (κ2) is 3.39. The summed E-state index contributed by atoms with van der Waals surface area (Å²) in [4.78, 5) is 10.5. The molecular formula is C7H12O2S. The minimum absolute atomic E-state index is 0.147. The molecule has 1 aliphatic carbocycles. The first-order valence-electron chi connectivity index (χ1n) is 3.57. The first kappa shape index (κ1) is 8.08. The van der Waals surface area contributed by atoms with Crippen molar-refractivity contribution in [1.82, 2.24) is 0 Å². The van der Waals surface area contributed by atoms with Crippen molar-refractivity contribution in [2.75, 3.05) is 5.75 Å². The molecule has 0 aromatic heterocycles. The average Bonchev–Trinajstić information content (AvgIpc) is 2.63. The zero-order valence-electron chi connectivity index (χ0n) is 6.13. The largest absolute Gasteiger partial charge is 0.616 e. The van der Waals surface area contributed by atoms with Gasteiger partial charge in [-0.15, -0.1) is 0 Å². The van der Waals surface area contributed by atoms with Crippen LogP contribution in [-0.2, 0) is 16.0 Å². The molecule has 0 heterocycles. The molecule has 0 aliphatic heterocycles. The molecule has 0 saturated heterocycles. The van der Waals surface area contributed by atoms with Crippen LogP contribution in [0.3, 0.4) is 0 Å². The molecule has 0 aromatic rings. The highest BCUT2D eigenvalue weighted by Crippen LogP contribution is 2.29. The van der Waals surface area contributed by atoms with E-state index < -0.39 is 11.2 Å². The standard InChI is InChI=1S/C7H12O2S/c1-6(8)4-5-10(9)7-2-3-7/h7H,2-5H2,1H3. The van der Waals surface area contributed by atoms with Gasteiger partial charge in [0.2, 0.25) is 0 Å². The molecule has 10 heavy (non-hydrogen) atoms. The van der Waals surface area contributed by atoms with Crippen LogP contribution < -0.4 is 0 Å². The molecule has 58 valence electrons. The summed E-state index contributed by atoms with van der Waals surface area (Å²) in [7, 11) is 0. The first-order valence-corrected chi connectivity index (χ1v) is 4.95. The van der Waals surface area contributed by atoms with Crippen molar-refractivity contribution in [3.8, 4) is 0 Å². The van der Waals surface area contributed by atoms with Gasteiger partial charge in [0.1, 0.15) is 16.8 Å². The molecule has 1 atom stereocenters. The van der Waals surface area contributed by atoms with Gasteiger partial charge in [-0.25, -0.2) is 0 Å². The highest BCUT2D eigenvalue weighted by Gasteiger charge is 2.33. The molecule has 0 N–H and O–H groups in total. The molecule has 0 amide bonds. The van der Waals surface area contributed by atoms with Crippen molar-refractivity contribution in [3.63, 3.8) is 0 Å². The summed E-state index contributed by atoms with van der Waals surface area (Å²) in [5.41, 5.74) is 0. The van der Waals surface area contributed by atoms with Crippen molar-refractivity contribution in [3.05, 3.63) is 0 Å². The molecule has 1 rings (SSSR count). The Morgan fingerprint density at radius 3 is 2.70 bits per heavy atom. The molecule has 1 unspecified atom stereocenters. The van der Waals surface area contributed by atoms with Crippen LogP contribution in [0.4, 0.5) is 0 Å². The summed E-state index contributed by atoms with van der Waals surface area (Å²) < 4.78 is 11.1. The van der Waals surface area contributed by atoms with E-state index >= 15 is 0 Å². The van der Waals surface area contributed by atoms with Crippen molar-refractivity contribution in [2.24, 2.45) is 0 Å². The topological polar surface area (TPSA) is 40.1 Å². The molecule has 1 fully saturated rings. The van der Waals surface area contributed by atoms with Crippen LogP contribution in [0.2, 0.25) is 0 Å². The molecule has 0 radical (unpaired) electrons. The summed E-state index contributed by atoms with van der Waals surface area (Å²) >= 11 is -0.702. The Labute approximate surface area is 64.2 Å². The summed E-state index contributed by atoms with van der Waals surface area (Å²) in [5.74, 6) is 0.731. The average molecular weight is 160 g/mol. The summed E-state index contributed by atoms with van der Waals surface area (Å²) in [6, 6.07) is 0. The van der Waals surface area contributed by atoms with Crippen LogP contribution in [0, 0.1) is 0 Å². The Kier molecular flexibility index (Phi) is 2.74. The van der Waals surface area contributed by atoms with E-state index in [1.54, 1.807) is 6.92 Å². The zero-order chi connectivity index (χ0) is 7.56. The molecule has 0 aromatic carbocycles. The van der Waals surface area contributed by atoms with Crippen LogP contribution in [0.1, 0.15) is 26.2 Å². The minimum Gasteiger partial charge on any atom is -0.616 e. The molecule has 3 heteroatoms. The van der Waals surface area contributed by atoms with Gasteiger partial charge in [-0.3, -0.25) is 4.79 Å². The van der Waals surface area contributed by atoms with E-state index in [4.69, 9.17) is 0 Å². The van der Waals surface area contributed by atoms with Gasteiger partial charge in [0, 0.05) is 0 Å². The highest BCUT2D eigenvalue weighted by atomic mass is 32.2. The lowest BCUT2D eigenvalue weighted by atomic mass is 10.4. The Hall–Kier alpha value is -0.0200. The van der Waals surface area contributed by atoms with Gasteiger partial charge in [-0.05, 0) is 19.8 Å². The lowest BCUT2D eigenvalue weighted by Gasteiger charge is -2.07. The van der Waals surface area contributed by atoms with Gasteiger partial charge in [0.05, 0.1) is 6.42 Å². The van der Waals surface area contributed by atoms with Crippen LogP contribution in [0.15, 0.2) is 0 Å². The molecular weight excluding hydrogens is 148 g/mol. The quantitative estimate of drug-likeness (QED) is 0.573. The maximum absolute atomic E-state index is 11.1. The predicted octanol–water partition coefficient (Wildman–Crippen LogP) is 0.877. The van der Waals surface area contributed by atoms with Crippen LogP contribution in [-0.4, -0.2) is 21.3 Å². The van der Waals surface area contributed by atoms with E-state index in [1.807, 2.05) is 0 Å². The Balaban J connectivity index is 2.05. The summed E-state index contributed by atoms with van der Waals surface area (Å²) in [6.45, 7) is 1.55. The highest BCUT2D eigenvalue weighted by molar-refractivity contribution is 7.92. The SMILES string of the molecule is CC(=O)CC[S+]([O-])C1CC1. The van der Waals surface area contributed by atoms with Gasteiger partial charge in [-0.2, -0.15) is 0 Å². The Morgan fingerprint density at radius 2 is 2.30 bits per heavy atom. The smallest absolute Gasteiger partial charge is 0.134 e. The van der Waals surface area contributed by atoms with Crippen molar-refractivity contribution >= 4 is 17.0 Å². The molecule has 1 saturated carbocycles. The normalized spacial score (nSPS) is 20.6. The van der Waals surface area contributed by atoms with Gasteiger partial charge in [0.15, 0.2) is 0 Å². The number of carbonyl (C=O) groups excluding carboxylic acids is 1. The van der Waals surface area contributed by atoms with E-state index in [-0.39, 0.29) is 5.78 Å². The van der Waals surface area contributed by atoms with Crippen LogP contribution in [0.5, 0.6) is 0 Å². The number of Topliss-reactive ketones (excluding diaryl/α,β-unsaturated/α-hetero) is 1. The minimum atomic E-state index is -0.702. The lowest BCUT2D eigenvalue weighted by Crippen LogP contribution is -2.13. The van der Waals surface area contributed by atoms with Crippen LogP contribution >= 0.6 is 0 Å². The van der Waals surface area contributed by atoms with E-state index in [9.17, 15) is 9.35 Å². The van der Waals surface area contributed by atoms with E-state index in [2.05, 4.69) is 0 Å². The maximum Gasteiger partial charge on any atom is 0.134 e. The maximum atomic E-state index is 11.1. The third-order valence-corrected chi connectivity index (χ3v) is 3.37. The van der Waals surface area contributed by atoms with E-state index in [0.29, 0.717) is 17.4 Å². The van der Waals surface area contributed by atoms with E-state index in [0.717, 1.165) is 12.8 Å². The van der Waals surface area contributed by atoms with Crippen molar-refractivity contribution < 1.29 is 9.35 Å². The number of hydrogen-bond acceptors (Lipinski definition) is 2. The summed E-state index contributed by atoms with van der Waals surface area (Å²) in [6.07, 6.45) is 2.69. The van der Waals surface area contributed by atoms with Gasteiger partial charge in [-0.1, -0.05) is 11.2 Å².